The van der Waals surface area contributed by atoms with E-state index >= 15 is 0 Å². The number of hydrogen-bond acceptors (Lipinski definition) is 4. The third kappa shape index (κ3) is 2.02. The molecule has 0 unspecified atom stereocenters. The van der Waals surface area contributed by atoms with Crippen molar-refractivity contribution < 1.29 is 4.92 Å². The van der Waals surface area contributed by atoms with Crippen LogP contribution < -0.4 is 5.32 Å². The molecule has 1 N–H and O–H groups in total. The molecule has 5 rings (SSSR count). The van der Waals surface area contributed by atoms with Crippen LogP contribution in [-0.4, -0.2) is 15.4 Å². The van der Waals surface area contributed by atoms with Gasteiger partial charge in [0.1, 0.15) is 12.0 Å². The lowest BCUT2D eigenvalue weighted by Crippen LogP contribution is -2.63. The first-order valence-electron chi connectivity index (χ1n) is 8.28. The van der Waals surface area contributed by atoms with Crippen LogP contribution >= 0.6 is 0 Å². The number of rotatable bonds is 3. The van der Waals surface area contributed by atoms with E-state index in [-0.39, 0.29) is 11.2 Å². The first kappa shape index (κ1) is 14.0. The van der Waals surface area contributed by atoms with Crippen molar-refractivity contribution in [2.24, 2.45) is 23.2 Å². The summed E-state index contributed by atoms with van der Waals surface area (Å²) in [5.41, 5.74) is 0.643. The van der Waals surface area contributed by atoms with Crippen molar-refractivity contribution >= 4 is 11.5 Å². The molecule has 4 saturated carbocycles. The Balaban J connectivity index is 1.62. The molecule has 5 nitrogen and oxygen atoms in total. The lowest BCUT2D eigenvalue weighted by Gasteiger charge is -2.64. The first-order chi connectivity index (χ1) is 10.4. The number of anilines is 1. The van der Waals surface area contributed by atoms with Gasteiger partial charge in [-0.15, -0.1) is 0 Å². The monoisotopic (exact) mass is 301 g/mol. The van der Waals surface area contributed by atoms with E-state index in [1.807, 2.05) is 0 Å². The Morgan fingerprint density at radius 2 is 2.18 bits per heavy atom. The predicted octanol–water partition coefficient (Wildman–Crippen LogP) is 4.01. The average molecular weight is 301 g/mol. The van der Waals surface area contributed by atoms with Crippen molar-refractivity contribution in [1.82, 2.24) is 4.98 Å². The van der Waals surface area contributed by atoms with Gasteiger partial charge in [0.25, 0.3) is 5.69 Å². The van der Waals surface area contributed by atoms with Crippen LogP contribution in [0.15, 0.2) is 18.3 Å². The molecule has 22 heavy (non-hydrogen) atoms. The molecule has 0 saturated heterocycles. The zero-order valence-corrected chi connectivity index (χ0v) is 13.2. The maximum atomic E-state index is 10.8. The van der Waals surface area contributed by atoms with E-state index in [4.69, 9.17) is 0 Å². The van der Waals surface area contributed by atoms with Crippen LogP contribution in [0, 0.1) is 33.3 Å². The van der Waals surface area contributed by atoms with E-state index in [0.29, 0.717) is 11.3 Å². The van der Waals surface area contributed by atoms with Crippen molar-refractivity contribution in [3.8, 4) is 0 Å². The summed E-state index contributed by atoms with van der Waals surface area (Å²) >= 11 is 0. The minimum absolute atomic E-state index is 0.0519. The van der Waals surface area contributed by atoms with Crippen LogP contribution in [-0.2, 0) is 0 Å². The Kier molecular flexibility index (Phi) is 2.81. The molecule has 0 aromatic carbocycles. The maximum absolute atomic E-state index is 10.8. The van der Waals surface area contributed by atoms with Crippen LogP contribution in [0.5, 0.6) is 0 Å². The summed E-state index contributed by atoms with van der Waals surface area (Å²) < 4.78 is 0. The van der Waals surface area contributed by atoms with Gasteiger partial charge < -0.3 is 5.32 Å². The van der Waals surface area contributed by atoms with Gasteiger partial charge in [0.2, 0.25) is 0 Å². The Morgan fingerprint density at radius 1 is 1.36 bits per heavy atom. The molecule has 1 heterocycles. The van der Waals surface area contributed by atoms with Gasteiger partial charge in [-0.3, -0.25) is 10.1 Å². The fraction of sp³-hybridized carbons (Fsp3) is 0.706. The van der Waals surface area contributed by atoms with Gasteiger partial charge in [0.15, 0.2) is 0 Å². The number of nitrogens with zero attached hydrogens (tertiary/aromatic N) is 2. The van der Waals surface area contributed by atoms with Crippen LogP contribution in [0.4, 0.5) is 11.5 Å². The molecule has 5 heteroatoms. The smallest absolute Gasteiger partial charge is 0.287 e. The molecule has 0 spiro atoms. The molecule has 1 aromatic rings. The third-order valence-electron chi connectivity index (χ3n) is 6.48. The van der Waals surface area contributed by atoms with Crippen LogP contribution in [0.1, 0.15) is 46.0 Å². The van der Waals surface area contributed by atoms with Gasteiger partial charge in [-0.25, -0.2) is 4.98 Å². The van der Waals surface area contributed by atoms with Crippen LogP contribution in [0.25, 0.3) is 0 Å². The highest BCUT2D eigenvalue weighted by Crippen LogP contribution is 2.64. The Hall–Kier alpha value is -1.65. The molecule has 118 valence electrons. The van der Waals surface area contributed by atoms with E-state index in [0.717, 1.165) is 17.7 Å². The van der Waals surface area contributed by atoms with Crippen molar-refractivity contribution in [3.63, 3.8) is 0 Å². The summed E-state index contributed by atoms with van der Waals surface area (Å²) in [6.45, 7) is 4.82. The summed E-state index contributed by atoms with van der Waals surface area (Å²) in [4.78, 5) is 14.6. The third-order valence-corrected chi connectivity index (χ3v) is 6.48. The van der Waals surface area contributed by atoms with Gasteiger partial charge >= 0.3 is 0 Å². The SMILES string of the molecule is C[C@H]1[C@@H]2C[C@@H]3C[C@@](C)(C2)C[C@@]1(Nc1ccc([N+](=O)[O-])cn1)C3. The quantitative estimate of drug-likeness (QED) is 0.676. The van der Waals surface area contributed by atoms with E-state index in [9.17, 15) is 10.1 Å². The van der Waals surface area contributed by atoms with Gasteiger partial charge in [-0.05, 0) is 61.3 Å². The van der Waals surface area contributed by atoms with Gasteiger partial charge in [0, 0.05) is 11.6 Å². The first-order valence-corrected chi connectivity index (χ1v) is 8.28. The van der Waals surface area contributed by atoms with Crippen molar-refractivity contribution in [3.05, 3.63) is 28.4 Å². The Bertz CT molecular complexity index is 617. The number of nitrogens with one attached hydrogen (secondary N) is 1. The minimum atomic E-state index is -0.398. The highest BCUT2D eigenvalue weighted by Gasteiger charge is 2.59. The standard InChI is InChI=1S/C17H23N3O2/c1-11-13-5-12-6-16(2,8-13)10-17(11,7-12)19-15-4-3-14(9-18-15)20(21)22/h3-4,9,11-13H,5-8,10H2,1-2H3,(H,18,19)/t11-,12+,13+,16-,17-/m0/s1. The van der Waals surface area contributed by atoms with Crippen LogP contribution in [0.3, 0.4) is 0 Å². The normalized spacial score (nSPS) is 42.4. The number of pyridine rings is 1. The molecule has 4 aliphatic rings. The van der Waals surface area contributed by atoms with Crippen molar-refractivity contribution in [2.45, 2.75) is 51.5 Å². The molecular formula is C17H23N3O2. The second-order valence-electron chi connectivity index (χ2n) is 8.19. The van der Waals surface area contributed by atoms with E-state index in [1.165, 1.54) is 38.3 Å². The van der Waals surface area contributed by atoms with Gasteiger partial charge in [-0.1, -0.05) is 13.8 Å². The summed E-state index contributed by atoms with van der Waals surface area (Å²) in [5.74, 6) is 3.08. The fourth-order valence-corrected chi connectivity index (χ4v) is 5.87. The topological polar surface area (TPSA) is 68.1 Å². The summed E-state index contributed by atoms with van der Waals surface area (Å²) in [7, 11) is 0. The molecule has 1 aromatic heterocycles. The van der Waals surface area contributed by atoms with Crippen molar-refractivity contribution in [1.29, 1.82) is 0 Å². The van der Waals surface area contributed by atoms with Gasteiger partial charge in [-0.2, -0.15) is 0 Å². The molecule has 4 aliphatic carbocycles. The maximum Gasteiger partial charge on any atom is 0.287 e. The Labute approximate surface area is 130 Å². The Morgan fingerprint density at radius 3 is 2.82 bits per heavy atom. The zero-order chi connectivity index (χ0) is 15.5. The number of aromatic nitrogens is 1. The lowest BCUT2D eigenvalue weighted by atomic mass is 9.44. The number of hydrogen-bond donors (Lipinski definition) is 1. The molecule has 0 amide bonds. The summed E-state index contributed by atoms with van der Waals surface area (Å²) in [5, 5.41) is 14.5. The number of nitro groups is 1. The molecule has 0 aliphatic heterocycles. The van der Waals surface area contributed by atoms with E-state index in [2.05, 4.69) is 24.1 Å². The minimum Gasteiger partial charge on any atom is -0.364 e. The molecule has 4 bridgehead atoms. The predicted molar refractivity (Wildman–Crippen MR) is 84.6 cm³/mol. The highest BCUT2D eigenvalue weighted by atomic mass is 16.6. The molecule has 4 fully saturated rings. The lowest BCUT2D eigenvalue weighted by molar-refractivity contribution is -0.385. The average Bonchev–Trinajstić information content (AvgIpc) is 2.43. The molecular weight excluding hydrogens is 278 g/mol. The molecule has 5 atom stereocenters. The fourth-order valence-electron chi connectivity index (χ4n) is 5.87. The summed E-state index contributed by atoms with van der Waals surface area (Å²) in [6.07, 6.45) is 7.89. The summed E-state index contributed by atoms with van der Waals surface area (Å²) in [6, 6.07) is 3.30. The largest absolute Gasteiger partial charge is 0.364 e. The van der Waals surface area contributed by atoms with E-state index in [1.54, 1.807) is 12.1 Å². The van der Waals surface area contributed by atoms with Crippen LogP contribution in [0.2, 0.25) is 0 Å². The second kappa shape index (κ2) is 4.43. The van der Waals surface area contributed by atoms with Crippen molar-refractivity contribution in [2.75, 3.05) is 5.32 Å². The zero-order valence-electron chi connectivity index (χ0n) is 13.2. The highest BCUT2D eigenvalue weighted by molar-refractivity contribution is 5.43. The molecule has 0 radical (unpaired) electrons. The van der Waals surface area contributed by atoms with Gasteiger partial charge in [0.05, 0.1) is 4.92 Å². The van der Waals surface area contributed by atoms with E-state index < -0.39 is 4.92 Å². The second-order valence-corrected chi connectivity index (χ2v) is 8.19.